The van der Waals surface area contributed by atoms with Gasteiger partial charge in [0, 0.05) is 37.0 Å². The van der Waals surface area contributed by atoms with Crippen molar-refractivity contribution in [2.45, 2.75) is 56.4 Å². The Morgan fingerprint density at radius 1 is 1.37 bits per heavy atom. The molecule has 1 saturated carbocycles. The first kappa shape index (κ1) is 15.6. The summed E-state index contributed by atoms with van der Waals surface area (Å²) < 4.78 is 6.39. The van der Waals surface area contributed by atoms with Crippen LogP contribution in [0.2, 0.25) is 0 Å². The fraction of sp³-hybridized carbons (Fsp3) is 1.00. The van der Waals surface area contributed by atoms with Crippen molar-refractivity contribution in [3.05, 3.63) is 0 Å². The Labute approximate surface area is 122 Å². The van der Waals surface area contributed by atoms with Crippen molar-refractivity contribution >= 4 is 11.8 Å². The summed E-state index contributed by atoms with van der Waals surface area (Å²) >= 11 is 2.06. The second kappa shape index (κ2) is 7.30. The van der Waals surface area contributed by atoms with Gasteiger partial charge in [0.05, 0.1) is 12.7 Å². The van der Waals surface area contributed by atoms with Crippen LogP contribution in [0, 0.1) is 0 Å². The van der Waals surface area contributed by atoms with E-state index in [-0.39, 0.29) is 0 Å². The van der Waals surface area contributed by atoms with Crippen LogP contribution in [-0.2, 0) is 4.74 Å². The van der Waals surface area contributed by atoms with Crippen LogP contribution in [0.25, 0.3) is 0 Å². The number of morpholine rings is 1. The van der Waals surface area contributed by atoms with Crippen molar-refractivity contribution in [1.29, 1.82) is 0 Å². The minimum Gasteiger partial charge on any atom is -0.374 e. The summed E-state index contributed by atoms with van der Waals surface area (Å²) in [7, 11) is 0. The van der Waals surface area contributed by atoms with Gasteiger partial charge < -0.3 is 10.1 Å². The van der Waals surface area contributed by atoms with Crippen LogP contribution in [0.1, 0.15) is 39.5 Å². The van der Waals surface area contributed by atoms with Gasteiger partial charge >= 0.3 is 0 Å². The molecule has 19 heavy (non-hydrogen) atoms. The molecule has 2 rings (SSSR count). The lowest BCUT2D eigenvalue weighted by atomic mass is 10.1. The van der Waals surface area contributed by atoms with Crippen LogP contribution in [0.4, 0.5) is 0 Å². The first-order valence-electron chi connectivity index (χ1n) is 7.77. The maximum absolute atomic E-state index is 5.88. The van der Waals surface area contributed by atoms with Gasteiger partial charge in [0.25, 0.3) is 0 Å². The lowest BCUT2D eigenvalue weighted by molar-refractivity contribution is -0.0372. The average Bonchev–Trinajstić information content (AvgIpc) is 2.88. The molecule has 0 bridgehead atoms. The van der Waals surface area contributed by atoms with E-state index in [2.05, 4.69) is 42.1 Å². The lowest BCUT2D eigenvalue weighted by Gasteiger charge is -2.36. The van der Waals surface area contributed by atoms with Crippen molar-refractivity contribution in [2.75, 3.05) is 39.0 Å². The molecule has 0 spiro atoms. The predicted molar refractivity (Wildman–Crippen MR) is 84.0 cm³/mol. The second-order valence-electron chi connectivity index (χ2n) is 6.31. The van der Waals surface area contributed by atoms with E-state index in [1.165, 1.54) is 25.7 Å². The van der Waals surface area contributed by atoms with E-state index in [1.54, 1.807) is 0 Å². The molecule has 1 unspecified atom stereocenters. The highest BCUT2D eigenvalue weighted by Crippen LogP contribution is 2.39. The zero-order valence-electron chi connectivity index (χ0n) is 12.8. The summed E-state index contributed by atoms with van der Waals surface area (Å²) in [5, 5.41) is 3.68. The minimum absolute atomic E-state index is 0.372. The molecule has 1 heterocycles. The van der Waals surface area contributed by atoms with Crippen LogP contribution in [0.3, 0.4) is 0 Å². The lowest BCUT2D eigenvalue weighted by Crippen LogP contribution is -2.50. The van der Waals surface area contributed by atoms with Crippen molar-refractivity contribution in [2.24, 2.45) is 0 Å². The molecule has 3 nitrogen and oxygen atoms in total. The molecule has 112 valence electrons. The van der Waals surface area contributed by atoms with Gasteiger partial charge in [-0.1, -0.05) is 12.8 Å². The highest BCUT2D eigenvalue weighted by atomic mass is 32.2. The number of hydrogen-bond acceptors (Lipinski definition) is 4. The Morgan fingerprint density at radius 3 is 2.74 bits per heavy atom. The Balaban J connectivity index is 1.70. The first-order valence-corrected chi connectivity index (χ1v) is 8.99. The van der Waals surface area contributed by atoms with Gasteiger partial charge in [-0.25, -0.2) is 0 Å². The van der Waals surface area contributed by atoms with E-state index in [0.29, 0.717) is 16.9 Å². The summed E-state index contributed by atoms with van der Waals surface area (Å²) in [6.07, 6.45) is 8.21. The molecule has 1 saturated heterocycles. The number of nitrogens with one attached hydrogen (secondary N) is 1. The predicted octanol–water partition coefficient (Wildman–Crippen LogP) is 2.36. The van der Waals surface area contributed by atoms with E-state index in [0.717, 1.165) is 32.8 Å². The fourth-order valence-corrected chi connectivity index (χ4v) is 4.21. The zero-order valence-corrected chi connectivity index (χ0v) is 13.6. The average molecular weight is 286 g/mol. The van der Waals surface area contributed by atoms with Crippen LogP contribution < -0.4 is 5.32 Å². The normalized spacial score (nSPS) is 28.1. The van der Waals surface area contributed by atoms with Crippen LogP contribution in [0.15, 0.2) is 0 Å². The standard InChI is InChI=1S/C15H30N2OS/c1-13(2)17-8-9-18-14(11-17)10-16-12-15(19-3)6-4-5-7-15/h13-14,16H,4-12H2,1-3H3. The molecular formula is C15H30N2OS. The number of rotatable bonds is 6. The molecule has 1 aliphatic heterocycles. The molecule has 0 aromatic rings. The van der Waals surface area contributed by atoms with Crippen molar-refractivity contribution in [3.8, 4) is 0 Å². The van der Waals surface area contributed by atoms with Gasteiger partial charge in [-0.05, 0) is 32.9 Å². The van der Waals surface area contributed by atoms with Crippen LogP contribution >= 0.6 is 11.8 Å². The quantitative estimate of drug-likeness (QED) is 0.810. The Morgan fingerprint density at radius 2 is 2.11 bits per heavy atom. The number of thioether (sulfide) groups is 1. The van der Waals surface area contributed by atoms with Gasteiger partial charge in [-0.2, -0.15) is 11.8 Å². The molecule has 2 fully saturated rings. The van der Waals surface area contributed by atoms with Gasteiger partial charge in [-0.15, -0.1) is 0 Å². The molecule has 0 radical (unpaired) electrons. The summed E-state index contributed by atoms with van der Waals surface area (Å²) in [4.78, 5) is 2.52. The Kier molecular flexibility index (Phi) is 6.00. The minimum atomic E-state index is 0.372. The Hall–Kier alpha value is 0.230. The van der Waals surface area contributed by atoms with Crippen molar-refractivity contribution in [1.82, 2.24) is 10.2 Å². The summed E-state index contributed by atoms with van der Waals surface area (Å²) in [5.74, 6) is 0. The zero-order chi connectivity index (χ0) is 13.7. The SMILES string of the molecule is CSC1(CNCC2CN(C(C)C)CCO2)CCCC1. The van der Waals surface area contributed by atoms with E-state index in [9.17, 15) is 0 Å². The number of ether oxygens (including phenoxy) is 1. The number of nitrogens with zero attached hydrogens (tertiary/aromatic N) is 1. The van der Waals surface area contributed by atoms with Crippen LogP contribution in [0.5, 0.6) is 0 Å². The first-order chi connectivity index (χ1) is 9.15. The van der Waals surface area contributed by atoms with Crippen LogP contribution in [-0.4, -0.2) is 60.8 Å². The summed E-state index contributed by atoms with van der Waals surface area (Å²) in [5.41, 5.74) is 0. The monoisotopic (exact) mass is 286 g/mol. The van der Waals surface area contributed by atoms with E-state index in [4.69, 9.17) is 4.74 Å². The largest absolute Gasteiger partial charge is 0.374 e. The molecular weight excluding hydrogens is 256 g/mol. The third-order valence-corrected chi connectivity index (χ3v) is 6.09. The highest BCUT2D eigenvalue weighted by Gasteiger charge is 2.32. The molecule has 4 heteroatoms. The maximum Gasteiger partial charge on any atom is 0.0826 e. The molecule has 0 amide bonds. The third kappa shape index (κ3) is 4.35. The molecule has 2 aliphatic rings. The molecule has 1 atom stereocenters. The highest BCUT2D eigenvalue weighted by molar-refractivity contribution is 8.00. The van der Waals surface area contributed by atoms with Crippen molar-refractivity contribution < 1.29 is 4.74 Å². The molecule has 1 N–H and O–H groups in total. The van der Waals surface area contributed by atoms with Crippen molar-refractivity contribution in [3.63, 3.8) is 0 Å². The maximum atomic E-state index is 5.88. The summed E-state index contributed by atoms with van der Waals surface area (Å²) in [6.45, 7) is 9.76. The fourth-order valence-electron chi connectivity index (χ4n) is 3.27. The molecule has 1 aliphatic carbocycles. The van der Waals surface area contributed by atoms with E-state index in [1.807, 2.05) is 0 Å². The molecule has 0 aromatic heterocycles. The summed E-state index contributed by atoms with van der Waals surface area (Å²) in [6, 6.07) is 0.638. The topological polar surface area (TPSA) is 24.5 Å². The second-order valence-corrected chi connectivity index (χ2v) is 7.58. The Bertz CT molecular complexity index is 267. The van der Waals surface area contributed by atoms with E-state index < -0.39 is 0 Å². The van der Waals surface area contributed by atoms with Gasteiger partial charge in [0.2, 0.25) is 0 Å². The van der Waals surface area contributed by atoms with Gasteiger partial charge in [0.15, 0.2) is 0 Å². The molecule has 0 aromatic carbocycles. The van der Waals surface area contributed by atoms with E-state index >= 15 is 0 Å². The van der Waals surface area contributed by atoms with Gasteiger partial charge in [-0.3, -0.25) is 4.90 Å². The third-order valence-electron chi connectivity index (χ3n) is 4.67. The smallest absolute Gasteiger partial charge is 0.0826 e. The van der Waals surface area contributed by atoms with Gasteiger partial charge in [0.1, 0.15) is 0 Å². The number of hydrogen-bond donors (Lipinski definition) is 1.